The number of ketones is 1. The smallest absolute Gasteiger partial charge is 0.328 e. The zero-order valence-corrected chi connectivity index (χ0v) is 30.3. The van der Waals surface area contributed by atoms with Crippen LogP contribution in [0.2, 0.25) is 0 Å². The van der Waals surface area contributed by atoms with Crippen LogP contribution >= 0.6 is 0 Å². The van der Waals surface area contributed by atoms with Gasteiger partial charge >= 0.3 is 6.03 Å². The summed E-state index contributed by atoms with van der Waals surface area (Å²) in [6, 6.07) is -0.708. The molecule has 1 unspecified atom stereocenters. The first-order chi connectivity index (χ1) is 21.6. The van der Waals surface area contributed by atoms with Crippen molar-refractivity contribution in [2.24, 2.45) is 63.6 Å². The maximum absolute atomic E-state index is 13.0. The molecule has 5 aliphatic carbocycles. The van der Waals surface area contributed by atoms with Gasteiger partial charge in [-0.1, -0.05) is 54.4 Å². The second-order valence-electron chi connectivity index (χ2n) is 17.1. The van der Waals surface area contributed by atoms with E-state index in [-0.39, 0.29) is 40.5 Å². The van der Waals surface area contributed by atoms with Crippen LogP contribution in [0.25, 0.3) is 0 Å². The molecule has 0 spiro atoms. The van der Waals surface area contributed by atoms with Crippen LogP contribution in [0.5, 0.6) is 0 Å². The van der Waals surface area contributed by atoms with Crippen LogP contribution < -0.4 is 10.0 Å². The molecule has 264 valence electrons. The van der Waals surface area contributed by atoms with Gasteiger partial charge in [0.15, 0.2) is 0 Å². The Kier molecular flexibility index (Phi) is 10.7. The van der Waals surface area contributed by atoms with E-state index in [2.05, 4.69) is 44.7 Å². The molecule has 0 aliphatic heterocycles. The third-order valence-corrected chi connectivity index (χ3v) is 16.5. The predicted molar refractivity (Wildman–Crippen MR) is 181 cm³/mol. The number of hydrogen-bond acceptors (Lipinski definition) is 6. The minimum Gasteiger partial charge on any atom is -0.393 e. The second kappa shape index (κ2) is 13.6. The van der Waals surface area contributed by atoms with Crippen LogP contribution in [0.1, 0.15) is 131 Å². The number of Topliss-reactive ketones (excluding diaryl/α,β-unsaturated/α-hetero) is 1. The number of hydrogen-bond donors (Lipinski definition) is 4. The molecule has 0 saturated heterocycles. The van der Waals surface area contributed by atoms with Crippen LogP contribution in [0.4, 0.5) is 4.79 Å². The van der Waals surface area contributed by atoms with Gasteiger partial charge in [-0.2, -0.15) is 0 Å². The van der Waals surface area contributed by atoms with Gasteiger partial charge in [0.1, 0.15) is 5.78 Å². The van der Waals surface area contributed by atoms with Gasteiger partial charge in [-0.25, -0.2) is 17.9 Å². The first kappa shape index (κ1) is 36.1. The second-order valence-corrected chi connectivity index (χ2v) is 18.8. The van der Waals surface area contributed by atoms with E-state index in [1.165, 1.54) is 0 Å². The fraction of sp³-hybridized carbons (Fsp3) is 0.946. The van der Waals surface area contributed by atoms with Gasteiger partial charge < -0.3 is 15.5 Å². The first-order valence-electron chi connectivity index (χ1n) is 18.8. The SMILES string of the molecule is CCC1CC[C@@](CC)(CS(=O)(=O)NC(=O)NCC[C@@H](C)[C@H]2CC[C@H]3[C@@H]4[C@H](O)[C@H](CC)[C@@H]5C[C@H](O)CC[C@]5(C)[C@H]4CC[C@]23C)C(=O)C1. The summed E-state index contributed by atoms with van der Waals surface area (Å²) in [7, 11) is -3.96. The fourth-order valence-corrected chi connectivity index (χ4v) is 14.0. The minimum absolute atomic E-state index is 0.0162. The highest BCUT2D eigenvalue weighted by Crippen LogP contribution is 2.69. The number of nitrogens with one attached hydrogen (secondary N) is 2. The third kappa shape index (κ3) is 6.44. The molecule has 2 amide bonds. The number of carbonyl (C=O) groups excluding carboxylic acids is 2. The Morgan fingerprint density at radius 3 is 2.28 bits per heavy atom. The van der Waals surface area contributed by atoms with E-state index in [0.717, 1.165) is 70.6 Å². The van der Waals surface area contributed by atoms with E-state index in [9.17, 15) is 28.2 Å². The molecule has 46 heavy (non-hydrogen) atoms. The van der Waals surface area contributed by atoms with Crippen LogP contribution in [-0.2, 0) is 14.8 Å². The number of urea groups is 1. The molecule has 0 aromatic heterocycles. The van der Waals surface area contributed by atoms with Gasteiger partial charge in [-0.15, -0.1) is 0 Å². The van der Waals surface area contributed by atoms with Crippen LogP contribution in [-0.4, -0.2) is 55.0 Å². The molecule has 5 rings (SSSR count). The lowest BCUT2D eigenvalue weighted by molar-refractivity contribution is -0.203. The molecular weight excluding hydrogens is 600 g/mol. The molecule has 0 bridgehead atoms. The van der Waals surface area contributed by atoms with E-state index in [1.54, 1.807) is 0 Å². The highest BCUT2D eigenvalue weighted by molar-refractivity contribution is 7.90. The van der Waals surface area contributed by atoms with Crippen molar-refractivity contribution in [1.82, 2.24) is 10.0 Å². The number of amides is 2. The zero-order valence-electron chi connectivity index (χ0n) is 29.5. The lowest BCUT2D eigenvalue weighted by Gasteiger charge is -2.64. The van der Waals surface area contributed by atoms with Gasteiger partial charge in [0.05, 0.1) is 18.0 Å². The number of rotatable bonds is 10. The molecule has 4 N–H and O–H groups in total. The Morgan fingerprint density at radius 2 is 1.63 bits per heavy atom. The van der Waals surface area contributed by atoms with Crippen LogP contribution in [0.15, 0.2) is 0 Å². The van der Waals surface area contributed by atoms with Crippen molar-refractivity contribution < 1.29 is 28.2 Å². The monoisotopic (exact) mass is 664 g/mol. The summed E-state index contributed by atoms with van der Waals surface area (Å²) in [6.07, 6.45) is 11.7. The summed E-state index contributed by atoms with van der Waals surface area (Å²) in [5, 5.41) is 25.3. The number of carbonyl (C=O) groups is 2. The molecule has 5 aliphatic rings. The molecule has 9 heteroatoms. The fourth-order valence-electron chi connectivity index (χ4n) is 12.3. The minimum atomic E-state index is -3.96. The van der Waals surface area contributed by atoms with Gasteiger partial charge in [0.2, 0.25) is 10.0 Å². The highest BCUT2D eigenvalue weighted by atomic mass is 32.2. The summed E-state index contributed by atoms with van der Waals surface area (Å²) < 4.78 is 28.3. The Hall–Kier alpha value is -1.19. The first-order valence-corrected chi connectivity index (χ1v) is 20.5. The van der Waals surface area contributed by atoms with Gasteiger partial charge in [0, 0.05) is 18.4 Å². The average molecular weight is 665 g/mol. The lowest BCUT2D eigenvalue weighted by atomic mass is 9.41. The largest absolute Gasteiger partial charge is 0.393 e. The van der Waals surface area contributed by atoms with E-state index in [1.807, 2.05) is 6.92 Å². The van der Waals surface area contributed by atoms with Crippen molar-refractivity contribution in [3.05, 3.63) is 0 Å². The molecule has 0 radical (unpaired) electrons. The topological polar surface area (TPSA) is 133 Å². The van der Waals surface area contributed by atoms with E-state index < -0.39 is 21.5 Å². The van der Waals surface area contributed by atoms with Crippen molar-refractivity contribution in [1.29, 1.82) is 0 Å². The van der Waals surface area contributed by atoms with Crippen molar-refractivity contribution >= 4 is 21.8 Å². The Balaban J connectivity index is 1.17. The predicted octanol–water partition coefficient (Wildman–Crippen LogP) is 6.44. The molecule has 8 nitrogen and oxygen atoms in total. The van der Waals surface area contributed by atoms with Gasteiger partial charge in [0.25, 0.3) is 0 Å². The quantitative estimate of drug-likeness (QED) is 0.212. The molecule has 0 heterocycles. The number of fused-ring (bicyclic) bond motifs is 5. The standard InChI is InChI=1S/C37H64N2O6S/c1-7-24-12-18-37(9-3,31(41)20-24)22-46(44,45)39-34(43)38-19-15-23(4)27-10-11-28-32-29(14-17-35(27,28)5)36(6)16-13-25(40)21-30(36)26(8-2)33(32)42/h23-30,32-33,40,42H,7-22H2,1-6H3,(H2,38,39,43)/t23-,24?,25-,26-,27-,28+,29+,30+,32+,33-,35-,36-,37+/m1/s1. The summed E-state index contributed by atoms with van der Waals surface area (Å²) >= 11 is 0. The number of sulfonamides is 1. The normalized spacial score (nSPS) is 44.9. The van der Waals surface area contributed by atoms with E-state index >= 15 is 0 Å². The lowest BCUT2D eigenvalue weighted by Crippen LogP contribution is -2.62. The van der Waals surface area contributed by atoms with Crippen molar-refractivity contribution in [3.8, 4) is 0 Å². The Morgan fingerprint density at radius 1 is 0.935 bits per heavy atom. The highest BCUT2D eigenvalue weighted by Gasteiger charge is 2.64. The molecule has 0 aromatic rings. The molecule has 13 atom stereocenters. The Bertz CT molecular complexity index is 1230. The van der Waals surface area contributed by atoms with Crippen LogP contribution in [0, 0.1) is 63.6 Å². The van der Waals surface area contributed by atoms with Crippen molar-refractivity contribution in [2.45, 2.75) is 144 Å². The molecule has 5 saturated carbocycles. The van der Waals surface area contributed by atoms with Gasteiger partial charge in [-0.3, -0.25) is 4.79 Å². The molecule has 5 fully saturated rings. The zero-order chi connectivity index (χ0) is 33.7. The maximum atomic E-state index is 13.0. The summed E-state index contributed by atoms with van der Waals surface area (Å²) in [4.78, 5) is 25.7. The Labute approximate surface area is 279 Å². The van der Waals surface area contributed by atoms with Crippen LogP contribution in [0.3, 0.4) is 0 Å². The van der Waals surface area contributed by atoms with Gasteiger partial charge in [-0.05, 0) is 129 Å². The van der Waals surface area contributed by atoms with Crippen molar-refractivity contribution in [3.63, 3.8) is 0 Å². The summed E-state index contributed by atoms with van der Waals surface area (Å²) in [6.45, 7) is 13.8. The molecule has 0 aromatic carbocycles. The maximum Gasteiger partial charge on any atom is 0.328 e. The van der Waals surface area contributed by atoms with Crippen molar-refractivity contribution in [2.75, 3.05) is 12.3 Å². The van der Waals surface area contributed by atoms with E-state index in [0.29, 0.717) is 67.2 Å². The number of aliphatic hydroxyl groups excluding tert-OH is 2. The summed E-state index contributed by atoms with van der Waals surface area (Å²) in [5.74, 6) is 2.79. The third-order valence-electron chi connectivity index (χ3n) is 15.1. The molecular formula is C37H64N2O6S. The average Bonchev–Trinajstić information content (AvgIpc) is 3.36. The number of aliphatic hydroxyl groups is 2. The van der Waals surface area contributed by atoms with E-state index in [4.69, 9.17) is 0 Å². The summed E-state index contributed by atoms with van der Waals surface area (Å²) in [5.41, 5.74) is -0.578.